The van der Waals surface area contributed by atoms with E-state index in [4.69, 9.17) is 0 Å². The first-order valence-corrected chi connectivity index (χ1v) is 48.1. The van der Waals surface area contributed by atoms with E-state index in [1.54, 1.807) is 0 Å². The zero-order valence-electron chi connectivity index (χ0n) is 76.0. The largest absolute Gasteiger partial charge is 0.310 e. The summed E-state index contributed by atoms with van der Waals surface area (Å²) in [5.74, 6) is 0. The lowest BCUT2D eigenvalue weighted by atomic mass is 9.67. The maximum absolute atomic E-state index is 2.56. The van der Waals surface area contributed by atoms with Crippen LogP contribution < -0.4 is 9.80 Å². The molecule has 0 unspecified atom stereocenters. The number of hydrogen-bond acceptors (Lipinski definition) is 2. The van der Waals surface area contributed by atoms with Gasteiger partial charge in [-0.2, -0.15) is 0 Å². The Hall–Kier alpha value is -17.6. The van der Waals surface area contributed by atoms with E-state index in [0.29, 0.717) is 0 Å². The number of hydrogen-bond donors (Lipinski definition) is 0. The summed E-state index contributed by atoms with van der Waals surface area (Å²) in [4.78, 5) is 5.12. The molecule has 0 fully saturated rings. The molecule has 0 amide bonds. The maximum Gasteiger partial charge on any atom is 0.0714 e. The second-order valence-corrected chi connectivity index (χ2v) is 37.0. The molecule has 4 aliphatic carbocycles. The average Bonchev–Trinajstić information content (AvgIpc) is 1.52. The number of rotatable bonds is 19. The lowest BCUT2D eigenvalue weighted by Crippen LogP contribution is -2.29. The van der Waals surface area contributed by atoms with Crippen molar-refractivity contribution in [2.75, 3.05) is 9.80 Å². The van der Waals surface area contributed by atoms with Crippen LogP contribution in [0.15, 0.2) is 558 Å². The number of benzene rings is 22. The third kappa shape index (κ3) is 12.5. The first-order chi connectivity index (χ1) is 68.5. The van der Waals surface area contributed by atoms with Gasteiger partial charge in [-0.1, -0.05) is 479 Å². The van der Waals surface area contributed by atoms with Crippen molar-refractivity contribution in [3.8, 4) is 100 Å². The molecule has 26 rings (SSSR count). The maximum atomic E-state index is 2.56. The zero-order valence-corrected chi connectivity index (χ0v) is 76.0. The minimum absolute atomic E-state index is 0.629. The molecule has 2 nitrogen and oxygen atoms in total. The van der Waals surface area contributed by atoms with E-state index in [2.05, 4.69) is 568 Å². The van der Waals surface area contributed by atoms with Gasteiger partial charge in [0.05, 0.1) is 33.0 Å². The second-order valence-electron chi connectivity index (χ2n) is 37.0. The minimum atomic E-state index is -0.760. The summed E-state index contributed by atoms with van der Waals surface area (Å²) in [7, 11) is 0. The van der Waals surface area contributed by atoms with E-state index in [0.717, 1.165) is 78.6 Å². The van der Waals surface area contributed by atoms with Gasteiger partial charge in [-0.15, -0.1) is 0 Å². The zero-order chi connectivity index (χ0) is 91.3. The highest BCUT2D eigenvalue weighted by atomic mass is 15.2. The van der Waals surface area contributed by atoms with Crippen molar-refractivity contribution >= 4 is 34.1 Å². The Kier molecular flexibility index (Phi) is 19.6. The van der Waals surface area contributed by atoms with Crippen LogP contribution in [0.4, 0.5) is 34.1 Å². The molecule has 0 aliphatic heterocycles. The van der Waals surface area contributed by atoms with Gasteiger partial charge >= 0.3 is 0 Å². The van der Waals surface area contributed by atoms with E-state index in [1.807, 2.05) is 0 Å². The third-order valence-corrected chi connectivity index (χ3v) is 30.2. The molecule has 0 bridgehead atoms. The van der Waals surface area contributed by atoms with Crippen LogP contribution in [0, 0.1) is 0 Å². The third-order valence-electron chi connectivity index (χ3n) is 30.2. The van der Waals surface area contributed by atoms with E-state index in [1.165, 1.54) is 145 Å². The Balaban J connectivity index is 0.640. The molecule has 0 radical (unpaired) electrons. The van der Waals surface area contributed by atoms with Crippen LogP contribution in [-0.2, 0) is 21.7 Å². The fourth-order valence-corrected chi connectivity index (χ4v) is 24.5. The van der Waals surface area contributed by atoms with Crippen LogP contribution in [0.2, 0.25) is 0 Å². The topological polar surface area (TPSA) is 6.48 Å². The molecule has 4 aliphatic rings. The van der Waals surface area contributed by atoms with Gasteiger partial charge in [0.2, 0.25) is 0 Å². The summed E-state index contributed by atoms with van der Waals surface area (Å²) in [6.45, 7) is 0. The summed E-state index contributed by atoms with van der Waals surface area (Å²) < 4.78 is 0. The van der Waals surface area contributed by atoms with Crippen LogP contribution in [0.1, 0.15) is 89.0 Å². The molecular formula is C136H92N2. The Morgan fingerprint density at radius 2 is 0.355 bits per heavy atom. The molecule has 2 heteroatoms. The molecule has 0 atom stereocenters. The predicted octanol–water partition coefficient (Wildman–Crippen LogP) is 34.4. The van der Waals surface area contributed by atoms with Crippen molar-refractivity contribution in [2.24, 2.45) is 0 Å². The summed E-state index contributed by atoms with van der Waals surface area (Å²) in [5.41, 5.74) is 44.6. The van der Waals surface area contributed by atoms with Crippen LogP contribution >= 0.6 is 0 Å². The van der Waals surface area contributed by atoms with Gasteiger partial charge in [0.25, 0.3) is 0 Å². The summed E-state index contributed by atoms with van der Waals surface area (Å²) in [6.07, 6.45) is 0. The molecule has 646 valence electrons. The van der Waals surface area contributed by atoms with Crippen molar-refractivity contribution in [2.45, 2.75) is 21.7 Å². The predicted molar refractivity (Wildman–Crippen MR) is 572 cm³/mol. The lowest BCUT2D eigenvalue weighted by Gasteiger charge is -2.35. The molecule has 0 spiro atoms. The summed E-state index contributed by atoms with van der Waals surface area (Å²) in [5, 5.41) is 0. The number of anilines is 6. The molecule has 0 heterocycles. The molecule has 22 aromatic rings. The first-order valence-electron chi connectivity index (χ1n) is 48.1. The fourth-order valence-electron chi connectivity index (χ4n) is 24.5. The number of fused-ring (bicyclic) bond motifs is 12. The SMILES string of the molecule is c1ccc(-c2cccc(-c3ccc(N(c4ccc5c(c4)C(c4ccccc4)(c4ccccc4)c4ccc(-c6ccc(-c7ccc(N(c8ccc9c(c8)C(c8ccccc8)(c8ccccc8)c8ccccc8-9)c8cccc9c8-c8ccccc8C9(c8ccccc8)c8ccccc8)cc7)c(-c7ccccc7)c6)cc4-5)c4cccc5c4-c4ccccc4C5(c4ccccc4)c4ccccc4)cc3)c2)cc1. The van der Waals surface area contributed by atoms with Crippen molar-refractivity contribution in [1.82, 2.24) is 0 Å². The Morgan fingerprint density at radius 3 is 0.754 bits per heavy atom. The standard InChI is InChI=1S/C136H92N2/c1-11-40-93(41-12-1)97-44-37-45-98(88-97)94-72-78-109(79-73-94)137(129-70-38-68-125-131(129)117-63-32-35-66-122(117)133(125,101-46-15-3-16-47-101)102-48-17-4-18-49-102)112-83-86-116-120-90-100(77-87-124(120)136(128(116)92-112,107-58-27-9-28-59-107)108-60-29-10-30-61-108)99-76-84-113(119(89-99)95-42-13-2-14-43-95)96-74-80-110(81-75-96)138(111-82-85-115-114-62-31-34-65-121(114)135(127(115)91-111,105-54-23-7-24-55-105)106-56-25-8-26-57-106)130-71-39-69-126-132(130)118-64-33-36-67-123(118)134(126,103-50-19-5-20-51-103)104-52-21-6-22-53-104/h1-92H. The van der Waals surface area contributed by atoms with Gasteiger partial charge in [0.1, 0.15) is 0 Å². The molecule has 0 saturated carbocycles. The number of nitrogens with zero attached hydrogens (tertiary/aromatic N) is 2. The van der Waals surface area contributed by atoms with Gasteiger partial charge in [0, 0.05) is 33.9 Å². The fraction of sp³-hybridized carbons (Fsp3) is 0.0294. The van der Waals surface area contributed by atoms with Crippen molar-refractivity contribution in [1.29, 1.82) is 0 Å². The van der Waals surface area contributed by atoms with E-state index in [-0.39, 0.29) is 0 Å². The first kappa shape index (κ1) is 81.2. The van der Waals surface area contributed by atoms with Crippen LogP contribution in [-0.4, -0.2) is 0 Å². The van der Waals surface area contributed by atoms with Crippen molar-refractivity contribution in [3.05, 3.63) is 647 Å². The summed E-state index contributed by atoms with van der Waals surface area (Å²) in [6, 6.07) is 210. The smallest absolute Gasteiger partial charge is 0.0714 e. The van der Waals surface area contributed by atoms with Crippen LogP contribution in [0.25, 0.3) is 100 Å². The monoisotopic (exact) mass is 1750 g/mol. The molecule has 138 heavy (non-hydrogen) atoms. The lowest BCUT2D eigenvalue weighted by molar-refractivity contribution is 0.768. The Labute approximate surface area is 807 Å². The Bertz CT molecular complexity index is 8220. The van der Waals surface area contributed by atoms with Crippen molar-refractivity contribution < 1.29 is 0 Å². The van der Waals surface area contributed by atoms with Gasteiger partial charge in [-0.05, 0) is 257 Å². The molecule has 22 aromatic carbocycles. The van der Waals surface area contributed by atoms with E-state index >= 15 is 0 Å². The van der Waals surface area contributed by atoms with E-state index < -0.39 is 21.7 Å². The molecule has 0 aromatic heterocycles. The summed E-state index contributed by atoms with van der Waals surface area (Å²) >= 11 is 0. The minimum Gasteiger partial charge on any atom is -0.310 e. The van der Waals surface area contributed by atoms with Gasteiger partial charge in [-0.25, -0.2) is 0 Å². The Morgan fingerprint density at radius 1 is 0.116 bits per heavy atom. The van der Waals surface area contributed by atoms with Crippen LogP contribution in [0.5, 0.6) is 0 Å². The van der Waals surface area contributed by atoms with Gasteiger partial charge in [0.15, 0.2) is 0 Å². The van der Waals surface area contributed by atoms with Crippen molar-refractivity contribution in [3.63, 3.8) is 0 Å². The van der Waals surface area contributed by atoms with Gasteiger partial charge in [-0.3, -0.25) is 0 Å². The highest BCUT2D eigenvalue weighted by Crippen LogP contribution is 2.65. The van der Waals surface area contributed by atoms with E-state index in [9.17, 15) is 0 Å². The molecular weight excluding hydrogens is 1660 g/mol. The van der Waals surface area contributed by atoms with Crippen LogP contribution in [0.3, 0.4) is 0 Å². The highest BCUT2D eigenvalue weighted by Gasteiger charge is 2.52. The highest BCUT2D eigenvalue weighted by molar-refractivity contribution is 6.03. The average molecular weight is 1750 g/mol. The molecule has 0 N–H and O–H groups in total. The second kappa shape index (κ2) is 33.3. The molecule has 0 saturated heterocycles. The normalized spacial score (nSPS) is 13.6. The quantitative estimate of drug-likeness (QED) is 0.0796. The van der Waals surface area contributed by atoms with Gasteiger partial charge < -0.3 is 9.80 Å².